The molecule has 1 amide bonds. The first-order chi connectivity index (χ1) is 11.6. The summed E-state index contributed by atoms with van der Waals surface area (Å²) in [6.45, 7) is 6.85. The van der Waals surface area contributed by atoms with Gasteiger partial charge in [-0.1, -0.05) is 35.9 Å². The maximum atomic E-state index is 12.6. The average molecular weight is 344 g/mol. The third-order valence-corrected chi connectivity index (χ3v) is 5.17. The van der Waals surface area contributed by atoms with E-state index in [1.54, 1.807) is 11.3 Å². The number of carbonyl (C=O) groups is 1. The highest BCUT2D eigenvalue weighted by Gasteiger charge is 2.22. The average Bonchev–Trinajstić information content (AvgIpc) is 3.08. The summed E-state index contributed by atoms with van der Waals surface area (Å²) in [5.74, 6) is 0.0584. The van der Waals surface area contributed by atoms with E-state index < -0.39 is 0 Å². The first kappa shape index (κ1) is 17.1. The van der Waals surface area contributed by atoms with Gasteiger partial charge in [0, 0.05) is 18.0 Å². The quantitative estimate of drug-likeness (QED) is 0.907. The molecule has 2 atom stereocenters. The van der Waals surface area contributed by atoms with E-state index in [0.717, 1.165) is 23.5 Å². The van der Waals surface area contributed by atoms with E-state index in [4.69, 9.17) is 4.74 Å². The first-order valence-corrected chi connectivity index (χ1v) is 9.23. The van der Waals surface area contributed by atoms with E-state index in [1.807, 2.05) is 18.4 Å². The van der Waals surface area contributed by atoms with Crippen molar-refractivity contribution in [3.05, 3.63) is 57.8 Å². The molecule has 0 bridgehead atoms. The van der Waals surface area contributed by atoms with Crippen molar-refractivity contribution < 1.29 is 9.53 Å². The Morgan fingerprint density at radius 1 is 1.38 bits per heavy atom. The van der Waals surface area contributed by atoms with Crippen LogP contribution in [0.4, 0.5) is 0 Å². The number of hydrogen-bond donors (Lipinski definition) is 1. The van der Waals surface area contributed by atoms with Gasteiger partial charge in [-0.25, -0.2) is 0 Å². The monoisotopic (exact) mass is 344 g/mol. The number of carbonyl (C=O) groups excluding carboxylic acids is 1. The second-order valence-corrected chi connectivity index (χ2v) is 7.32. The summed E-state index contributed by atoms with van der Waals surface area (Å²) < 4.78 is 5.54. The van der Waals surface area contributed by atoms with Crippen molar-refractivity contribution in [2.75, 3.05) is 26.2 Å². The summed E-state index contributed by atoms with van der Waals surface area (Å²) in [4.78, 5) is 15.9. The van der Waals surface area contributed by atoms with E-state index in [0.29, 0.717) is 13.2 Å². The van der Waals surface area contributed by atoms with E-state index in [2.05, 4.69) is 47.5 Å². The summed E-state index contributed by atoms with van der Waals surface area (Å²) in [6.07, 6.45) is 0.191. The normalized spacial score (nSPS) is 19.8. The fourth-order valence-electron chi connectivity index (χ4n) is 2.98. The largest absolute Gasteiger partial charge is 0.376 e. The first-order valence-electron chi connectivity index (χ1n) is 8.35. The number of rotatable bonds is 5. The van der Waals surface area contributed by atoms with Gasteiger partial charge in [-0.15, -0.1) is 11.3 Å². The molecule has 5 heteroatoms. The van der Waals surface area contributed by atoms with Crippen LogP contribution in [-0.4, -0.2) is 43.2 Å². The minimum absolute atomic E-state index is 0.0584. The van der Waals surface area contributed by atoms with Crippen LogP contribution in [0, 0.1) is 6.92 Å². The van der Waals surface area contributed by atoms with E-state index in [9.17, 15) is 4.79 Å². The molecule has 1 aliphatic rings. The van der Waals surface area contributed by atoms with E-state index >= 15 is 0 Å². The van der Waals surface area contributed by atoms with Gasteiger partial charge in [0.25, 0.3) is 0 Å². The maximum Gasteiger partial charge on any atom is 0.234 e. The Bertz CT molecular complexity index is 655. The van der Waals surface area contributed by atoms with Gasteiger partial charge in [0.05, 0.1) is 25.3 Å². The SMILES string of the molecule is Cc1ccc([C@H](NC(=O)CN2CCO[C@@H](C)C2)c2cccs2)cc1. The molecule has 2 aromatic rings. The van der Waals surface area contributed by atoms with E-state index in [-0.39, 0.29) is 18.1 Å². The van der Waals surface area contributed by atoms with Crippen molar-refractivity contribution in [2.45, 2.75) is 26.0 Å². The zero-order valence-corrected chi connectivity index (χ0v) is 15.0. The van der Waals surface area contributed by atoms with Crippen LogP contribution in [0.15, 0.2) is 41.8 Å². The second kappa shape index (κ2) is 7.92. The van der Waals surface area contributed by atoms with Crippen LogP contribution in [0.25, 0.3) is 0 Å². The molecule has 4 nitrogen and oxygen atoms in total. The lowest BCUT2D eigenvalue weighted by molar-refractivity contribution is -0.124. The van der Waals surface area contributed by atoms with Gasteiger partial charge >= 0.3 is 0 Å². The molecule has 1 aliphatic heterocycles. The van der Waals surface area contributed by atoms with Gasteiger partial charge in [0.15, 0.2) is 0 Å². The predicted molar refractivity (Wildman–Crippen MR) is 97.3 cm³/mol. The maximum absolute atomic E-state index is 12.6. The van der Waals surface area contributed by atoms with Crippen LogP contribution < -0.4 is 5.32 Å². The van der Waals surface area contributed by atoms with Crippen molar-refractivity contribution in [1.82, 2.24) is 10.2 Å². The van der Waals surface area contributed by atoms with Crippen molar-refractivity contribution in [3.63, 3.8) is 0 Å². The number of hydrogen-bond acceptors (Lipinski definition) is 4. The molecule has 3 rings (SSSR count). The Morgan fingerprint density at radius 2 is 2.17 bits per heavy atom. The zero-order chi connectivity index (χ0) is 16.9. The van der Waals surface area contributed by atoms with Gasteiger partial charge < -0.3 is 10.1 Å². The Hall–Kier alpha value is -1.69. The Kier molecular flexibility index (Phi) is 5.66. The van der Waals surface area contributed by atoms with Gasteiger partial charge in [0.2, 0.25) is 5.91 Å². The Morgan fingerprint density at radius 3 is 2.83 bits per heavy atom. The Balaban J connectivity index is 1.70. The van der Waals surface area contributed by atoms with Gasteiger partial charge in [-0.2, -0.15) is 0 Å². The van der Waals surface area contributed by atoms with Crippen LogP contribution in [-0.2, 0) is 9.53 Å². The molecule has 0 spiro atoms. The molecular weight excluding hydrogens is 320 g/mol. The summed E-state index contributed by atoms with van der Waals surface area (Å²) in [5.41, 5.74) is 2.34. The van der Waals surface area contributed by atoms with Gasteiger partial charge in [-0.3, -0.25) is 9.69 Å². The molecule has 128 valence electrons. The lowest BCUT2D eigenvalue weighted by atomic mass is 10.0. The molecule has 1 aromatic heterocycles. The summed E-state index contributed by atoms with van der Waals surface area (Å²) in [5, 5.41) is 5.25. The van der Waals surface area contributed by atoms with Crippen LogP contribution >= 0.6 is 11.3 Å². The standard InChI is InChI=1S/C19H24N2O2S/c1-14-5-7-16(8-6-14)19(17-4-3-11-24-17)20-18(22)13-21-9-10-23-15(2)12-21/h3-8,11,15,19H,9-10,12-13H2,1-2H3,(H,20,22)/t15-,19-/m0/s1. The number of aryl methyl sites for hydroxylation is 1. The second-order valence-electron chi connectivity index (χ2n) is 6.34. The third kappa shape index (κ3) is 4.44. The van der Waals surface area contributed by atoms with Crippen LogP contribution in [0.2, 0.25) is 0 Å². The number of thiophene rings is 1. The number of ether oxygens (including phenoxy) is 1. The minimum Gasteiger partial charge on any atom is -0.376 e. The van der Waals surface area contributed by atoms with Crippen molar-refractivity contribution in [1.29, 1.82) is 0 Å². The summed E-state index contributed by atoms with van der Waals surface area (Å²) >= 11 is 1.67. The molecule has 24 heavy (non-hydrogen) atoms. The molecule has 2 heterocycles. The zero-order valence-electron chi connectivity index (χ0n) is 14.2. The summed E-state index contributed by atoms with van der Waals surface area (Å²) in [7, 11) is 0. The number of nitrogens with one attached hydrogen (secondary N) is 1. The molecule has 0 unspecified atom stereocenters. The number of amides is 1. The Labute approximate surface area is 147 Å². The highest BCUT2D eigenvalue weighted by atomic mass is 32.1. The fourth-order valence-corrected chi connectivity index (χ4v) is 3.78. The molecule has 1 saturated heterocycles. The number of morpholine rings is 1. The molecule has 1 N–H and O–H groups in total. The van der Waals surface area contributed by atoms with Crippen molar-refractivity contribution in [3.8, 4) is 0 Å². The number of benzene rings is 1. The minimum atomic E-state index is -0.0865. The lowest BCUT2D eigenvalue weighted by Crippen LogP contribution is -2.46. The summed E-state index contributed by atoms with van der Waals surface area (Å²) in [6, 6.07) is 12.4. The molecule has 0 radical (unpaired) electrons. The highest BCUT2D eigenvalue weighted by molar-refractivity contribution is 7.10. The smallest absolute Gasteiger partial charge is 0.234 e. The van der Waals surface area contributed by atoms with Crippen molar-refractivity contribution >= 4 is 17.2 Å². The van der Waals surface area contributed by atoms with Crippen LogP contribution in [0.3, 0.4) is 0 Å². The van der Waals surface area contributed by atoms with E-state index in [1.165, 1.54) is 5.56 Å². The highest BCUT2D eigenvalue weighted by Crippen LogP contribution is 2.26. The van der Waals surface area contributed by atoms with Crippen LogP contribution in [0.1, 0.15) is 29.0 Å². The molecule has 0 aliphatic carbocycles. The third-order valence-electron chi connectivity index (χ3n) is 4.24. The predicted octanol–water partition coefficient (Wildman–Crippen LogP) is 2.98. The van der Waals surface area contributed by atoms with Gasteiger partial charge in [0.1, 0.15) is 0 Å². The topological polar surface area (TPSA) is 41.6 Å². The molecule has 0 saturated carbocycles. The fraction of sp³-hybridized carbons (Fsp3) is 0.421. The number of nitrogens with zero attached hydrogens (tertiary/aromatic N) is 1. The van der Waals surface area contributed by atoms with Crippen LogP contribution in [0.5, 0.6) is 0 Å². The van der Waals surface area contributed by atoms with Crippen molar-refractivity contribution in [2.24, 2.45) is 0 Å². The molecule has 1 fully saturated rings. The lowest BCUT2D eigenvalue weighted by Gasteiger charge is -2.31. The van der Waals surface area contributed by atoms with Gasteiger partial charge in [-0.05, 0) is 30.9 Å². The molecular formula is C19H24N2O2S. The molecule has 1 aromatic carbocycles.